The van der Waals surface area contributed by atoms with Crippen molar-refractivity contribution in [3.63, 3.8) is 0 Å². The van der Waals surface area contributed by atoms with E-state index in [0.717, 1.165) is 0 Å². The minimum absolute atomic E-state index is 0.358. The van der Waals surface area contributed by atoms with Crippen molar-refractivity contribution in [1.29, 1.82) is 0 Å². The number of ether oxygens (including phenoxy) is 4. The number of hydrogen-bond acceptors (Lipinski definition) is 6. The smallest absolute Gasteiger partial charge is 0.367 e. The van der Waals surface area contributed by atoms with Crippen LogP contribution in [0.5, 0.6) is 0 Å². The van der Waals surface area contributed by atoms with Crippen molar-refractivity contribution in [3.05, 3.63) is 0 Å². The van der Waals surface area contributed by atoms with Gasteiger partial charge in [0, 0.05) is 14.2 Å². The zero-order valence-electron chi connectivity index (χ0n) is 8.66. The van der Waals surface area contributed by atoms with Crippen LogP contribution in [0.3, 0.4) is 0 Å². The summed E-state index contributed by atoms with van der Waals surface area (Å²) >= 11 is 0. The predicted molar refractivity (Wildman–Crippen MR) is 45.4 cm³/mol. The van der Waals surface area contributed by atoms with Crippen molar-refractivity contribution in [2.75, 3.05) is 28.4 Å². The molecule has 0 heterocycles. The van der Waals surface area contributed by atoms with Gasteiger partial charge >= 0.3 is 11.9 Å². The van der Waals surface area contributed by atoms with Gasteiger partial charge in [0.05, 0.1) is 14.2 Å². The van der Waals surface area contributed by atoms with Crippen LogP contribution in [-0.4, -0.2) is 46.2 Å². The summed E-state index contributed by atoms with van der Waals surface area (Å²) < 4.78 is 18.5. The Bertz CT molecular complexity index is 208. The van der Waals surface area contributed by atoms with Gasteiger partial charge in [0.1, 0.15) is 6.42 Å². The van der Waals surface area contributed by atoms with Crippen LogP contribution in [0.25, 0.3) is 0 Å². The second kappa shape index (κ2) is 5.56. The highest BCUT2D eigenvalue weighted by molar-refractivity contribution is 5.84. The topological polar surface area (TPSA) is 71.1 Å². The molecule has 0 atom stereocenters. The Hall–Kier alpha value is -1.14. The van der Waals surface area contributed by atoms with Gasteiger partial charge in [-0.15, -0.1) is 0 Å². The summed E-state index contributed by atoms with van der Waals surface area (Å²) in [6.45, 7) is 0. The lowest BCUT2D eigenvalue weighted by Crippen LogP contribution is -2.45. The summed E-state index contributed by atoms with van der Waals surface area (Å²) in [7, 11) is 4.86. The van der Waals surface area contributed by atoms with Gasteiger partial charge in [0.15, 0.2) is 0 Å². The molecule has 0 aliphatic carbocycles. The number of hydrogen-bond donors (Lipinski definition) is 0. The summed E-state index contributed by atoms with van der Waals surface area (Å²) in [6.07, 6.45) is -0.358. The Morgan fingerprint density at radius 3 is 1.79 bits per heavy atom. The van der Waals surface area contributed by atoms with Crippen LogP contribution in [0.1, 0.15) is 6.42 Å². The molecule has 0 rings (SSSR count). The highest BCUT2D eigenvalue weighted by Gasteiger charge is 2.43. The fraction of sp³-hybridized carbons (Fsp3) is 0.750. The Morgan fingerprint density at radius 1 is 1.00 bits per heavy atom. The van der Waals surface area contributed by atoms with Crippen LogP contribution < -0.4 is 0 Å². The molecular formula is C8H14O6. The summed E-state index contributed by atoms with van der Waals surface area (Å²) in [6, 6.07) is 0. The van der Waals surface area contributed by atoms with E-state index in [2.05, 4.69) is 9.47 Å². The van der Waals surface area contributed by atoms with E-state index in [0.29, 0.717) is 0 Å². The second-order valence-corrected chi connectivity index (χ2v) is 2.41. The zero-order valence-corrected chi connectivity index (χ0v) is 8.66. The van der Waals surface area contributed by atoms with Gasteiger partial charge in [-0.25, -0.2) is 4.79 Å². The van der Waals surface area contributed by atoms with E-state index in [9.17, 15) is 9.59 Å². The Balaban J connectivity index is 4.69. The van der Waals surface area contributed by atoms with E-state index in [4.69, 9.17) is 9.47 Å². The van der Waals surface area contributed by atoms with E-state index >= 15 is 0 Å². The Morgan fingerprint density at radius 2 is 1.50 bits per heavy atom. The standard InChI is InChI=1S/C8H14O6/c1-11-6(9)5-8(13-3,14-4)7(10)12-2/h5H2,1-4H3. The zero-order chi connectivity index (χ0) is 11.2. The molecule has 0 aliphatic rings. The molecule has 0 fully saturated rings. The maximum absolute atomic E-state index is 11.3. The fourth-order valence-electron chi connectivity index (χ4n) is 0.884. The van der Waals surface area contributed by atoms with Gasteiger partial charge in [0.2, 0.25) is 0 Å². The van der Waals surface area contributed by atoms with E-state index in [1.807, 2.05) is 0 Å². The molecule has 0 saturated carbocycles. The number of carbonyl (C=O) groups excluding carboxylic acids is 2. The van der Waals surface area contributed by atoms with Gasteiger partial charge in [-0.1, -0.05) is 0 Å². The molecule has 14 heavy (non-hydrogen) atoms. The first kappa shape index (κ1) is 12.9. The van der Waals surface area contributed by atoms with Crippen LogP contribution in [0.15, 0.2) is 0 Å². The Kier molecular flexibility index (Phi) is 5.11. The average molecular weight is 206 g/mol. The second-order valence-electron chi connectivity index (χ2n) is 2.41. The summed E-state index contributed by atoms with van der Waals surface area (Å²) in [4.78, 5) is 22.2. The first-order chi connectivity index (χ1) is 6.56. The van der Waals surface area contributed by atoms with Crippen molar-refractivity contribution >= 4 is 11.9 Å². The molecule has 82 valence electrons. The molecule has 0 aromatic heterocycles. The first-order valence-electron chi connectivity index (χ1n) is 3.81. The molecule has 6 nitrogen and oxygen atoms in total. The van der Waals surface area contributed by atoms with Gasteiger partial charge < -0.3 is 18.9 Å². The highest BCUT2D eigenvalue weighted by Crippen LogP contribution is 2.18. The van der Waals surface area contributed by atoms with Crippen molar-refractivity contribution < 1.29 is 28.5 Å². The lowest BCUT2D eigenvalue weighted by molar-refractivity contribution is -0.232. The molecule has 0 spiro atoms. The molecule has 0 bridgehead atoms. The van der Waals surface area contributed by atoms with Crippen molar-refractivity contribution in [3.8, 4) is 0 Å². The van der Waals surface area contributed by atoms with Gasteiger partial charge in [0.25, 0.3) is 5.79 Å². The molecule has 0 unspecified atom stereocenters. The average Bonchev–Trinajstić information content (AvgIpc) is 2.24. The normalized spacial score (nSPS) is 10.9. The van der Waals surface area contributed by atoms with Gasteiger partial charge in [-0.3, -0.25) is 4.79 Å². The van der Waals surface area contributed by atoms with Gasteiger partial charge in [-0.2, -0.15) is 0 Å². The molecule has 0 radical (unpaired) electrons. The third kappa shape index (κ3) is 2.68. The highest BCUT2D eigenvalue weighted by atomic mass is 16.7. The molecule has 0 aliphatic heterocycles. The minimum Gasteiger partial charge on any atom is -0.469 e. The largest absolute Gasteiger partial charge is 0.469 e. The molecule has 0 aromatic rings. The van der Waals surface area contributed by atoms with Crippen molar-refractivity contribution in [2.24, 2.45) is 0 Å². The van der Waals surface area contributed by atoms with E-state index < -0.39 is 17.7 Å². The summed E-state index contributed by atoms with van der Waals surface area (Å²) in [5.74, 6) is -3.13. The maximum Gasteiger partial charge on any atom is 0.367 e. The number of carbonyl (C=O) groups is 2. The maximum atomic E-state index is 11.3. The molecule has 0 saturated heterocycles. The molecule has 0 N–H and O–H groups in total. The first-order valence-corrected chi connectivity index (χ1v) is 3.81. The number of esters is 2. The van der Waals surface area contributed by atoms with E-state index in [1.54, 1.807) is 0 Å². The minimum atomic E-state index is -1.72. The predicted octanol–water partition coefficient (Wildman–Crippen LogP) is -0.288. The van der Waals surface area contributed by atoms with E-state index in [1.165, 1.54) is 28.4 Å². The summed E-state index contributed by atoms with van der Waals surface area (Å²) in [5.41, 5.74) is 0. The number of rotatable bonds is 5. The Labute approximate surface area is 82.1 Å². The van der Waals surface area contributed by atoms with Crippen molar-refractivity contribution in [2.45, 2.75) is 12.2 Å². The van der Waals surface area contributed by atoms with Crippen LogP contribution in [0, 0.1) is 0 Å². The van der Waals surface area contributed by atoms with Gasteiger partial charge in [-0.05, 0) is 0 Å². The molecule has 6 heteroatoms. The van der Waals surface area contributed by atoms with Crippen LogP contribution in [-0.2, 0) is 28.5 Å². The molecule has 0 amide bonds. The van der Waals surface area contributed by atoms with E-state index in [-0.39, 0.29) is 6.42 Å². The van der Waals surface area contributed by atoms with Crippen molar-refractivity contribution in [1.82, 2.24) is 0 Å². The fourth-order valence-corrected chi connectivity index (χ4v) is 0.884. The third-order valence-electron chi connectivity index (χ3n) is 1.76. The quantitative estimate of drug-likeness (QED) is 0.454. The number of methoxy groups -OCH3 is 4. The van der Waals surface area contributed by atoms with Crippen LogP contribution >= 0.6 is 0 Å². The monoisotopic (exact) mass is 206 g/mol. The third-order valence-corrected chi connectivity index (χ3v) is 1.76. The summed E-state index contributed by atoms with van der Waals surface area (Å²) in [5, 5.41) is 0. The lowest BCUT2D eigenvalue weighted by Gasteiger charge is -2.26. The molecule has 0 aromatic carbocycles. The SMILES string of the molecule is COC(=O)CC(OC)(OC)C(=O)OC. The lowest BCUT2D eigenvalue weighted by atomic mass is 10.2. The van der Waals surface area contributed by atoms with Crippen LogP contribution in [0.2, 0.25) is 0 Å². The van der Waals surface area contributed by atoms with Crippen LogP contribution in [0.4, 0.5) is 0 Å². The molecular weight excluding hydrogens is 192 g/mol.